The molecule has 0 aliphatic rings. The maximum atomic E-state index is 11.9. The van der Waals surface area contributed by atoms with Gasteiger partial charge in [-0.05, 0) is 5.92 Å². The predicted molar refractivity (Wildman–Crippen MR) is 70.0 cm³/mol. The molecule has 0 spiro atoms. The summed E-state index contributed by atoms with van der Waals surface area (Å²) < 4.78 is 4.81. The van der Waals surface area contributed by atoms with Crippen molar-refractivity contribution >= 4 is 11.8 Å². The van der Waals surface area contributed by atoms with Crippen LogP contribution in [0.1, 0.15) is 20.3 Å². The lowest BCUT2D eigenvalue weighted by Gasteiger charge is -2.24. The molecular weight excluding hydrogens is 234 g/mol. The minimum Gasteiger partial charge on any atom is -0.383 e. The van der Waals surface area contributed by atoms with E-state index in [4.69, 9.17) is 10.5 Å². The first-order valence-electron chi connectivity index (χ1n) is 6.20. The molecule has 0 heterocycles. The minimum absolute atomic E-state index is 0.0205. The summed E-state index contributed by atoms with van der Waals surface area (Å²) in [7, 11) is 3.15. The quantitative estimate of drug-likeness (QED) is 0.580. The molecule has 2 atom stereocenters. The number of carbonyl (C=O) groups excluding carboxylic acids is 2. The van der Waals surface area contributed by atoms with Gasteiger partial charge in [0.2, 0.25) is 11.8 Å². The molecule has 2 amide bonds. The zero-order chi connectivity index (χ0) is 14.1. The summed E-state index contributed by atoms with van der Waals surface area (Å²) in [5.74, 6) is -0.304. The van der Waals surface area contributed by atoms with Crippen molar-refractivity contribution < 1.29 is 14.3 Å². The van der Waals surface area contributed by atoms with Gasteiger partial charge in [0.05, 0.1) is 19.2 Å². The summed E-state index contributed by atoms with van der Waals surface area (Å²) in [4.78, 5) is 24.8. The van der Waals surface area contributed by atoms with Crippen molar-refractivity contribution in [3.05, 3.63) is 0 Å². The van der Waals surface area contributed by atoms with Gasteiger partial charge in [0.25, 0.3) is 0 Å². The fourth-order valence-electron chi connectivity index (χ4n) is 1.39. The van der Waals surface area contributed by atoms with Crippen LogP contribution in [0, 0.1) is 5.92 Å². The van der Waals surface area contributed by atoms with E-state index < -0.39 is 6.04 Å². The second kappa shape index (κ2) is 8.88. The van der Waals surface area contributed by atoms with Gasteiger partial charge in [-0.2, -0.15) is 0 Å². The van der Waals surface area contributed by atoms with Crippen LogP contribution in [-0.4, -0.2) is 56.6 Å². The Morgan fingerprint density at radius 1 is 1.44 bits per heavy atom. The number of methoxy groups -OCH3 is 1. The summed E-state index contributed by atoms with van der Waals surface area (Å²) in [6.45, 7) is 4.82. The van der Waals surface area contributed by atoms with Crippen LogP contribution >= 0.6 is 0 Å². The van der Waals surface area contributed by atoms with Gasteiger partial charge >= 0.3 is 0 Å². The zero-order valence-corrected chi connectivity index (χ0v) is 11.7. The Kier molecular flexibility index (Phi) is 8.32. The average Bonchev–Trinajstić information content (AvgIpc) is 2.36. The Morgan fingerprint density at radius 2 is 2.06 bits per heavy atom. The fraction of sp³-hybridized carbons (Fsp3) is 0.833. The third-order valence-electron chi connectivity index (χ3n) is 2.93. The second-order valence-electron chi connectivity index (χ2n) is 4.45. The largest absolute Gasteiger partial charge is 0.383 e. The van der Waals surface area contributed by atoms with Crippen LogP contribution in [0.25, 0.3) is 0 Å². The van der Waals surface area contributed by atoms with Gasteiger partial charge in [0.1, 0.15) is 0 Å². The lowest BCUT2D eigenvalue weighted by atomic mass is 9.99. The molecule has 0 aromatic heterocycles. The molecule has 18 heavy (non-hydrogen) atoms. The van der Waals surface area contributed by atoms with E-state index in [9.17, 15) is 9.59 Å². The molecule has 106 valence electrons. The van der Waals surface area contributed by atoms with Crippen molar-refractivity contribution in [1.29, 1.82) is 0 Å². The van der Waals surface area contributed by atoms with Crippen molar-refractivity contribution in [3.8, 4) is 0 Å². The van der Waals surface area contributed by atoms with Crippen LogP contribution in [-0.2, 0) is 14.3 Å². The Bertz CT molecular complexity index is 271. The first kappa shape index (κ1) is 16.9. The molecule has 0 radical (unpaired) electrons. The highest BCUT2D eigenvalue weighted by Gasteiger charge is 2.23. The lowest BCUT2D eigenvalue weighted by Crippen LogP contribution is -2.48. The summed E-state index contributed by atoms with van der Waals surface area (Å²) >= 11 is 0. The van der Waals surface area contributed by atoms with E-state index in [1.54, 1.807) is 14.2 Å². The molecular formula is C12H25N3O3. The Morgan fingerprint density at radius 3 is 2.56 bits per heavy atom. The minimum atomic E-state index is -0.549. The SMILES string of the molecule is CCC(C)C(N)C(=O)N(C)CC(=O)NCCOC. The molecule has 0 saturated heterocycles. The van der Waals surface area contributed by atoms with Gasteiger partial charge in [-0.3, -0.25) is 9.59 Å². The first-order chi connectivity index (χ1) is 8.43. The van der Waals surface area contributed by atoms with E-state index in [1.807, 2.05) is 13.8 Å². The third-order valence-corrected chi connectivity index (χ3v) is 2.93. The molecule has 2 unspecified atom stereocenters. The number of hydrogen-bond acceptors (Lipinski definition) is 4. The molecule has 0 aliphatic heterocycles. The first-order valence-corrected chi connectivity index (χ1v) is 6.20. The molecule has 0 bridgehead atoms. The maximum Gasteiger partial charge on any atom is 0.239 e. The summed E-state index contributed by atoms with van der Waals surface area (Å²) in [5.41, 5.74) is 5.83. The van der Waals surface area contributed by atoms with Crippen molar-refractivity contribution in [1.82, 2.24) is 10.2 Å². The van der Waals surface area contributed by atoms with Crippen LogP contribution in [0.4, 0.5) is 0 Å². The van der Waals surface area contributed by atoms with Crippen LogP contribution in [0.3, 0.4) is 0 Å². The smallest absolute Gasteiger partial charge is 0.239 e. The van der Waals surface area contributed by atoms with E-state index in [2.05, 4.69) is 5.32 Å². The number of nitrogens with two attached hydrogens (primary N) is 1. The highest BCUT2D eigenvalue weighted by atomic mass is 16.5. The molecule has 0 aliphatic carbocycles. The van der Waals surface area contributed by atoms with E-state index in [0.29, 0.717) is 13.2 Å². The van der Waals surface area contributed by atoms with Crippen LogP contribution in [0.2, 0.25) is 0 Å². The number of rotatable bonds is 8. The molecule has 6 heteroatoms. The lowest BCUT2D eigenvalue weighted by molar-refractivity contribution is -0.136. The number of carbonyl (C=O) groups is 2. The molecule has 0 rings (SSSR count). The molecule has 6 nitrogen and oxygen atoms in total. The third kappa shape index (κ3) is 5.97. The number of hydrogen-bond donors (Lipinski definition) is 2. The van der Waals surface area contributed by atoms with E-state index in [1.165, 1.54) is 4.90 Å². The van der Waals surface area contributed by atoms with Gasteiger partial charge in [-0.25, -0.2) is 0 Å². The van der Waals surface area contributed by atoms with Gasteiger partial charge in [-0.1, -0.05) is 20.3 Å². The van der Waals surface area contributed by atoms with Crippen molar-refractivity contribution in [2.45, 2.75) is 26.3 Å². The summed E-state index contributed by atoms with van der Waals surface area (Å²) in [5, 5.41) is 2.65. The fourth-order valence-corrected chi connectivity index (χ4v) is 1.39. The van der Waals surface area contributed by atoms with Gasteiger partial charge < -0.3 is 20.7 Å². The van der Waals surface area contributed by atoms with Gasteiger partial charge in [-0.15, -0.1) is 0 Å². The highest BCUT2D eigenvalue weighted by Crippen LogP contribution is 2.07. The number of amides is 2. The van der Waals surface area contributed by atoms with Crippen LogP contribution in [0.15, 0.2) is 0 Å². The number of nitrogens with one attached hydrogen (secondary N) is 1. The predicted octanol–water partition coefficient (Wildman–Crippen LogP) is -0.419. The van der Waals surface area contributed by atoms with Gasteiger partial charge in [0, 0.05) is 20.7 Å². The van der Waals surface area contributed by atoms with Crippen molar-refractivity contribution in [3.63, 3.8) is 0 Å². The molecule has 0 aromatic carbocycles. The number of ether oxygens (including phenoxy) is 1. The average molecular weight is 259 g/mol. The van der Waals surface area contributed by atoms with E-state index >= 15 is 0 Å². The normalized spacial score (nSPS) is 13.8. The van der Waals surface area contributed by atoms with Crippen LogP contribution in [0.5, 0.6) is 0 Å². The second-order valence-corrected chi connectivity index (χ2v) is 4.45. The maximum absolute atomic E-state index is 11.9. The van der Waals surface area contributed by atoms with Crippen molar-refractivity contribution in [2.24, 2.45) is 11.7 Å². The highest BCUT2D eigenvalue weighted by molar-refractivity contribution is 5.87. The Hall–Kier alpha value is -1.14. The monoisotopic (exact) mass is 259 g/mol. The topological polar surface area (TPSA) is 84.7 Å². The van der Waals surface area contributed by atoms with Gasteiger partial charge in [0.15, 0.2) is 0 Å². The molecule has 0 aromatic rings. The summed E-state index contributed by atoms with van der Waals surface area (Å²) in [6.07, 6.45) is 0.834. The Labute approximate surface area is 109 Å². The van der Waals surface area contributed by atoms with E-state index in [0.717, 1.165) is 6.42 Å². The Balaban J connectivity index is 4.11. The molecule has 0 fully saturated rings. The van der Waals surface area contributed by atoms with E-state index in [-0.39, 0.29) is 24.3 Å². The zero-order valence-electron chi connectivity index (χ0n) is 11.7. The molecule has 3 N–H and O–H groups in total. The summed E-state index contributed by atoms with van der Waals surface area (Å²) in [6, 6.07) is -0.549. The molecule has 0 saturated carbocycles. The number of nitrogens with zero attached hydrogens (tertiary/aromatic N) is 1. The standard InChI is InChI=1S/C12H25N3O3/c1-5-9(2)11(13)12(17)15(3)8-10(16)14-6-7-18-4/h9,11H,5-8,13H2,1-4H3,(H,14,16). The van der Waals surface area contributed by atoms with Crippen LogP contribution < -0.4 is 11.1 Å². The number of likely N-dealkylation sites (N-methyl/N-ethyl adjacent to an activating group) is 1. The van der Waals surface area contributed by atoms with Crippen molar-refractivity contribution in [2.75, 3.05) is 33.9 Å².